The minimum atomic E-state index is -0.270. The number of H-pyrrole nitrogens is 1. The zero-order valence-electron chi connectivity index (χ0n) is 7.47. The van der Waals surface area contributed by atoms with Crippen LogP contribution in [0.15, 0.2) is 24.4 Å². The molecule has 4 N–H and O–H groups in total. The first-order valence-electron chi connectivity index (χ1n) is 4.25. The number of aromatic amines is 1. The molecule has 0 aliphatic rings. The molecule has 0 radical (unpaired) electrons. The van der Waals surface area contributed by atoms with Gasteiger partial charge in [0, 0.05) is 23.5 Å². The summed E-state index contributed by atoms with van der Waals surface area (Å²) >= 11 is 0. The van der Waals surface area contributed by atoms with Gasteiger partial charge in [0.25, 0.3) is 0 Å². The van der Waals surface area contributed by atoms with Crippen molar-refractivity contribution in [2.45, 2.75) is 6.42 Å². The maximum atomic E-state index is 12.8. The molecule has 0 aliphatic carbocycles. The highest BCUT2D eigenvalue weighted by Gasteiger charge is 2.04. The van der Waals surface area contributed by atoms with Gasteiger partial charge in [-0.3, -0.25) is 5.41 Å². The molecule has 0 saturated heterocycles. The number of fused-ring (bicyclic) bond motifs is 1. The lowest BCUT2D eigenvalue weighted by Gasteiger charge is -1.96. The van der Waals surface area contributed by atoms with Crippen LogP contribution in [0.25, 0.3) is 10.9 Å². The average Bonchev–Trinajstić information content (AvgIpc) is 2.47. The van der Waals surface area contributed by atoms with E-state index in [-0.39, 0.29) is 11.7 Å². The Bertz CT molecular complexity index is 487. The van der Waals surface area contributed by atoms with Gasteiger partial charge in [0.2, 0.25) is 0 Å². The van der Waals surface area contributed by atoms with E-state index in [1.54, 1.807) is 12.3 Å². The standard InChI is InChI=1S/C10H10FN3/c11-7-1-2-8-6(3-10(12)13)5-14-9(8)4-7/h1-2,4-5,14H,3H2,(H3,12,13). The first-order valence-corrected chi connectivity index (χ1v) is 4.25. The van der Waals surface area contributed by atoms with Crippen LogP contribution in [0.3, 0.4) is 0 Å². The number of aromatic nitrogens is 1. The SMILES string of the molecule is N=C(N)Cc1c[nH]c2cc(F)ccc12. The largest absolute Gasteiger partial charge is 0.387 e. The van der Waals surface area contributed by atoms with Crippen LogP contribution >= 0.6 is 0 Å². The predicted octanol–water partition coefficient (Wildman–Crippen LogP) is 1.79. The molecular formula is C10H10FN3. The van der Waals surface area contributed by atoms with E-state index in [2.05, 4.69) is 4.98 Å². The summed E-state index contributed by atoms with van der Waals surface area (Å²) in [6.07, 6.45) is 2.15. The Labute approximate surface area is 80.2 Å². The van der Waals surface area contributed by atoms with Gasteiger partial charge in [-0.1, -0.05) is 0 Å². The Hall–Kier alpha value is -1.84. The fourth-order valence-electron chi connectivity index (χ4n) is 1.51. The molecular weight excluding hydrogens is 181 g/mol. The van der Waals surface area contributed by atoms with Crippen LogP contribution in [0.5, 0.6) is 0 Å². The van der Waals surface area contributed by atoms with Crippen LogP contribution in [0.1, 0.15) is 5.56 Å². The van der Waals surface area contributed by atoms with E-state index < -0.39 is 0 Å². The van der Waals surface area contributed by atoms with Gasteiger partial charge in [0.05, 0.1) is 5.84 Å². The van der Waals surface area contributed by atoms with Gasteiger partial charge >= 0.3 is 0 Å². The molecule has 0 saturated carbocycles. The van der Waals surface area contributed by atoms with E-state index in [1.807, 2.05) is 0 Å². The van der Waals surface area contributed by atoms with Gasteiger partial charge in [0.15, 0.2) is 0 Å². The van der Waals surface area contributed by atoms with E-state index in [1.165, 1.54) is 12.1 Å². The van der Waals surface area contributed by atoms with Gasteiger partial charge in [-0.2, -0.15) is 0 Å². The van der Waals surface area contributed by atoms with Crippen LogP contribution in [0, 0.1) is 11.2 Å². The number of rotatable bonds is 2. The molecule has 0 fully saturated rings. The van der Waals surface area contributed by atoms with Crippen LogP contribution in [-0.4, -0.2) is 10.8 Å². The van der Waals surface area contributed by atoms with Crippen molar-refractivity contribution in [3.8, 4) is 0 Å². The highest BCUT2D eigenvalue weighted by molar-refractivity contribution is 5.89. The highest BCUT2D eigenvalue weighted by atomic mass is 19.1. The second kappa shape index (κ2) is 3.14. The Balaban J connectivity index is 2.52. The zero-order chi connectivity index (χ0) is 10.1. The van der Waals surface area contributed by atoms with Gasteiger partial charge in [0.1, 0.15) is 5.82 Å². The summed E-state index contributed by atoms with van der Waals surface area (Å²) in [5.74, 6) is -0.163. The van der Waals surface area contributed by atoms with E-state index in [9.17, 15) is 4.39 Å². The summed E-state index contributed by atoms with van der Waals surface area (Å²) < 4.78 is 12.8. The summed E-state index contributed by atoms with van der Waals surface area (Å²) in [4.78, 5) is 2.94. The van der Waals surface area contributed by atoms with Crippen LogP contribution in [0.4, 0.5) is 4.39 Å². The van der Waals surface area contributed by atoms with Gasteiger partial charge in [-0.25, -0.2) is 4.39 Å². The number of hydrogen-bond acceptors (Lipinski definition) is 1. The third-order valence-electron chi connectivity index (χ3n) is 2.11. The maximum Gasteiger partial charge on any atom is 0.125 e. The molecule has 1 aromatic heterocycles. The Morgan fingerprint density at radius 1 is 1.50 bits per heavy atom. The molecule has 0 amide bonds. The lowest BCUT2D eigenvalue weighted by molar-refractivity contribution is 0.629. The van der Waals surface area contributed by atoms with E-state index in [0.717, 1.165) is 16.5 Å². The summed E-state index contributed by atoms with van der Waals surface area (Å²) in [6, 6.07) is 4.53. The molecule has 1 heterocycles. The third-order valence-corrected chi connectivity index (χ3v) is 2.11. The lowest BCUT2D eigenvalue weighted by atomic mass is 10.1. The van der Waals surface area contributed by atoms with Gasteiger partial charge in [-0.15, -0.1) is 0 Å². The molecule has 0 unspecified atom stereocenters. The van der Waals surface area contributed by atoms with Crippen molar-refractivity contribution >= 4 is 16.7 Å². The lowest BCUT2D eigenvalue weighted by Crippen LogP contribution is -2.12. The predicted molar refractivity (Wildman–Crippen MR) is 53.9 cm³/mol. The molecule has 1 aromatic carbocycles. The Morgan fingerprint density at radius 2 is 2.29 bits per heavy atom. The molecule has 0 aliphatic heterocycles. The van der Waals surface area contributed by atoms with Crippen molar-refractivity contribution in [2.24, 2.45) is 5.73 Å². The quantitative estimate of drug-likeness (QED) is 0.491. The molecule has 72 valence electrons. The van der Waals surface area contributed by atoms with Crippen LogP contribution in [0.2, 0.25) is 0 Å². The van der Waals surface area contributed by atoms with Crippen molar-refractivity contribution in [1.29, 1.82) is 5.41 Å². The zero-order valence-corrected chi connectivity index (χ0v) is 7.47. The minimum absolute atomic E-state index is 0.107. The fraction of sp³-hybridized carbons (Fsp3) is 0.100. The topological polar surface area (TPSA) is 65.7 Å². The van der Waals surface area contributed by atoms with Gasteiger partial charge in [-0.05, 0) is 23.8 Å². The van der Waals surface area contributed by atoms with Crippen molar-refractivity contribution in [3.05, 3.63) is 35.8 Å². The Morgan fingerprint density at radius 3 is 3.00 bits per heavy atom. The number of hydrogen-bond donors (Lipinski definition) is 3. The number of amidine groups is 1. The second-order valence-corrected chi connectivity index (χ2v) is 3.21. The summed E-state index contributed by atoms with van der Waals surface area (Å²) in [5, 5.41) is 8.10. The van der Waals surface area contributed by atoms with Crippen molar-refractivity contribution < 1.29 is 4.39 Å². The molecule has 0 atom stereocenters. The summed E-state index contributed by atoms with van der Waals surface area (Å²) in [7, 11) is 0. The molecule has 0 bridgehead atoms. The molecule has 2 aromatic rings. The van der Waals surface area contributed by atoms with Crippen molar-refractivity contribution in [2.75, 3.05) is 0 Å². The number of benzene rings is 1. The molecule has 2 rings (SSSR count). The number of halogens is 1. The van der Waals surface area contributed by atoms with Crippen molar-refractivity contribution in [1.82, 2.24) is 4.98 Å². The molecule has 14 heavy (non-hydrogen) atoms. The van der Waals surface area contributed by atoms with E-state index in [0.29, 0.717) is 6.42 Å². The monoisotopic (exact) mass is 191 g/mol. The molecule has 0 spiro atoms. The second-order valence-electron chi connectivity index (χ2n) is 3.21. The fourth-order valence-corrected chi connectivity index (χ4v) is 1.51. The smallest absolute Gasteiger partial charge is 0.125 e. The summed E-state index contributed by atoms with van der Waals surface area (Å²) in [5.41, 5.74) is 6.96. The number of nitrogens with one attached hydrogen (secondary N) is 2. The molecule has 4 heteroatoms. The number of nitrogens with two attached hydrogens (primary N) is 1. The highest BCUT2D eigenvalue weighted by Crippen LogP contribution is 2.19. The third kappa shape index (κ3) is 1.46. The van der Waals surface area contributed by atoms with Crippen LogP contribution < -0.4 is 5.73 Å². The Kier molecular flexibility index (Phi) is 1.96. The average molecular weight is 191 g/mol. The molecule has 3 nitrogen and oxygen atoms in total. The van der Waals surface area contributed by atoms with E-state index in [4.69, 9.17) is 11.1 Å². The van der Waals surface area contributed by atoms with E-state index >= 15 is 0 Å². The first kappa shape index (κ1) is 8.74. The van der Waals surface area contributed by atoms with Gasteiger partial charge < -0.3 is 10.7 Å². The van der Waals surface area contributed by atoms with Crippen molar-refractivity contribution in [3.63, 3.8) is 0 Å². The summed E-state index contributed by atoms with van der Waals surface area (Å²) in [6.45, 7) is 0. The maximum absolute atomic E-state index is 12.8. The minimum Gasteiger partial charge on any atom is -0.387 e. The van der Waals surface area contributed by atoms with Crippen LogP contribution in [-0.2, 0) is 6.42 Å². The normalized spacial score (nSPS) is 10.6. The first-order chi connectivity index (χ1) is 6.66.